The van der Waals surface area contributed by atoms with Gasteiger partial charge in [0.05, 0.1) is 17.1 Å². The van der Waals surface area contributed by atoms with E-state index in [2.05, 4.69) is 10.3 Å². The molecule has 0 aliphatic carbocycles. The van der Waals surface area contributed by atoms with E-state index in [-0.39, 0.29) is 23.0 Å². The number of nitrogens with zero attached hydrogens (tertiary/aromatic N) is 1. The minimum atomic E-state index is -0.603. The van der Waals surface area contributed by atoms with Gasteiger partial charge in [-0.3, -0.25) is 4.79 Å². The number of carbonyl (C=O) groups excluding carboxylic acids is 2. The normalized spacial score (nSPS) is 11.0. The summed E-state index contributed by atoms with van der Waals surface area (Å²) in [6, 6.07) is 2.91. The molecule has 0 saturated carbocycles. The minimum Gasteiger partial charge on any atom is -0.456 e. The first kappa shape index (κ1) is 15.4. The SMILES string of the molecule is CNC(=O)c1cc(C(=O)OC(C)(C)C)cc(CCl)n1. The van der Waals surface area contributed by atoms with Crippen LogP contribution in [0, 0.1) is 0 Å². The topological polar surface area (TPSA) is 68.3 Å². The molecule has 104 valence electrons. The third-order valence-corrected chi connectivity index (χ3v) is 2.38. The number of amides is 1. The molecule has 1 rings (SSSR count). The van der Waals surface area contributed by atoms with Crippen LogP contribution in [-0.2, 0) is 10.6 Å². The Morgan fingerprint density at radius 3 is 2.47 bits per heavy atom. The van der Waals surface area contributed by atoms with Crippen LogP contribution in [0.4, 0.5) is 0 Å². The van der Waals surface area contributed by atoms with Crippen molar-refractivity contribution < 1.29 is 14.3 Å². The number of alkyl halides is 1. The molecule has 1 N–H and O–H groups in total. The van der Waals surface area contributed by atoms with E-state index in [1.54, 1.807) is 20.8 Å². The Morgan fingerprint density at radius 1 is 1.37 bits per heavy atom. The van der Waals surface area contributed by atoms with E-state index < -0.39 is 11.6 Å². The highest BCUT2D eigenvalue weighted by Gasteiger charge is 2.20. The van der Waals surface area contributed by atoms with Crippen molar-refractivity contribution in [2.45, 2.75) is 32.3 Å². The molecule has 0 bridgehead atoms. The lowest BCUT2D eigenvalue weighted by Gasteiger charge is -2.19. The Kier molecular flexibility index (Phi) is 4.89. The van der Waals surface area contributed by atoms with Crippen molar-refractivity contribution in [2.24, 2.45) is 0 Å². The Balaban J connectivity index is 3.13. The van der Waals surface area contributed by atoms with Crippen LogP contribution in [0.2, 0.25) is 0 Å². The predicted molar refractivity (Wildman–Crippen MR) is 72.4 cm³/mol. The van der Waals surface area contributed by atoms with Crippen molar-refractivity contribution in [3.05, 3.63) is 29.1 Å². The third kappa shape index (κ3) is 4.52. The zero-order valence-corrected chi connectivity index (χ0v) is 12.2. The van der Waals surface area contributed by atoms with Gasteiger partial charge in [-0.1, -0.05) is 0 Å². The standard InChI is InChI=1S/C13H17ClN2O3/c1-13(2,3)19-12(18)8-5-9(7-14)16-10(6-8)11(17)15-4/h5-6H,7H2,1-4H3,(H,15,17). The van der Waals surface area contributed by atoms with E-state index in [1.807, 2.05) is 0 Å². The fraction of sp³-hybridized carbons (Fsp3) is 0.462. The summed E-state index contributed by atoms with van der Waals surface area (Å²) in [5.41, 5.74) is 0.249. The van der Waals surface area contributed by atoms with Gasteiger partial charge in [-0.2, -0.15) is 0 Å². The van der Waals surface area contributed by atoms with Crippen molar-refractivity contribution in [2.75, 3.05) is 7.05 Å². The van der Waals surface area contributed by atoms with Gasteiger partial charge in [0.2, 0.25) is 0 Å². The molecule has 1 amide bonds. The minimum absolute atomic E-state index is 0.112. The molecule has 0 saturated heterocycles. The summed E-state index contributed by atoms with van der Waals surface area (Å²) in [5, 5.41) is 2.45. The Hall–Kier alpha value is -1.62. The van der Waals surface area contributed by atoms with Gasteiger partial charge >= 0.3 is 5.97 Å². The van der Waals surface area contributed by atoms with Crippen molar-refractivity contribution in [1.29, 1.82) is 0 Å². The molecule has 0 aliphatic rings. The number of halogens is 1. The monoisotopic (exact) mass is 284 g/mol. The van der Waals surface area contributed by atoms with E-state index >= 15 is 0 Å². The average Bonchev–Trinajstić information content (AvgIpc) is 2.35. The molecule has 0 aromatic carbocycles. The van der Waals surface area contributed by atoms with Crippen LogP contribution >= 0.6 is 11.6 Å². The smallest absolute Gasteiger partial charge is 0.338 e. The van der Waals surface area contributed by atoms with Gasteiger partial charge in [0.25, 0.3) is 5.91 Å². The molecule has 6 heteroatoms. The number of pyridine rings is 1. The Bertz CT molecular complexity index is 495. The second kappa shape index (κ2) is 6.02. The second-order valence-electron chi connectivity index (χ2n) is 4.95. The van der Waals surface area contributed by atoms with Crippen LogP contribution < -0.4 is 5.32 Å². The van der Waals surface area contributed by atoms with Gasteiger partial charge in [0, 0.05) is 7.05 Å². The van der Waals surface area contributed by atoms with Crippen molar-refractivity contribution in [1.82, 2.24) is 10.3 Å². The van der Waals surface area contributed by atoms with E-state index in [9.17, 15) is 9.59 Å². The van der Waals surface area contributed by atoms with Gasteiger partial charge in [0.15, 0.2) is 0 Å². The number of aromatic nitrogens is 1. The van der Waals surface area contributed by atoms with E-state index in [0.717, 1.165) is 0 Å². The predicted octanol–water partition coefficient (Wildman–Crippen LogP) is 2.14. The molecular weight excluding hydrogens is 268 g/mol. The molecule has 19 heavy (non-hydrogen) atoms. The van der Waals surface area contributed by atoms with Crippen LogP contribution in [0.15, 0.2) is 12.1 Å². The molecule has 1 aromatic heterocycles. The number of hydrogen-bond acceptors (Lipinski definition) is 4. The maximum Gasteiger partial charge on any atom is 0.338 e. The highest BCUT2D eigenvalue weighted by atomic mass is 35.5. The summed E-state index contributed by atoms with van der Waals surface area (Å²) in [4.78, 5) is 27.6. The summed E-state index contributed by atoms with van der Waals surface area (Å²) in [7, 11) is 1.49. The summed E-state index contributed by atoms with van der Waals surface area (Å²) >= 11 is 5.71. The zero-order chi connectivity index (χ0) is 14.6. The van der Waals surface area contributed by atoms with Crippen LogP contribution in [0.5, 0.6) is 0 Å². The maximum atomic E-state index is 12.0. The number of esters is 1. The lowest BCUT2D eigenvalue weighted by molar-refractivity contribution is 0.00692. The van der Waals surface area contributed by atoms with E-state index in [1.165, 1.54) is 19.2 Å². The number of ether oxygens (including phenoxy) is 1. The number of rotatable bonds is 3. The van der Waals surface area contributed by atoms with Crippen LogP contribution in [0.25, 0.3) is 0 Å². The molecule has 0 aliphatic heterocycles. The molecule has 0 atom stereocenters. The van der Waals surface area contributed by atoms with Gasteiger partial charge in [-0.25, -0.2) is 9.78 Å². The summed E-state index contributed by atoms with van der Waals surface area (Å²) in [5.74, 6) is -0.774. The van der Waals surface area contributed by atoms with Crippen LogP contribution in [-0.4, -0.2) is 29.5 Å². The van der Waals surface area contributed by atoms with Gasteiger partial charge in [-0.05, 0) is 32.9 Å². The van der Waals surface area contributed by atoms with Crippen molar-refractivity contribution in [3.8, 4) is 0 Å². The fourth-order valence-corrected chi connectivity index (χ4v) is 1.49. The maximum absolute atomic E-state index is 12.0. The Labute approximate surface area is 117 Å². The Morgan fingerprint density at radius 2 is 2.00 bits per heavy atom. The lowest BCUT2D eigenvalue weighted by Crippen LogP contribution is -2.25. The number of carbonyl (C=O) groups is 2. The number of nitrogens with one attached hydrogen (secondary N) is 1. The molecule has 0 unspecified atom stereocenters. The molecular formula is C13H17ClN2O3. The van der Waals surface area contributed by atoms with Gasteiger partial charge in [0.1, 0.15) is 11.3 Å². The number of hydrogen-bond donors (Lipinski definition) is 1. The lowest BCUT2D eigenvalue weighted by atomic mass is 10.1. The molecule has 0 fully saturated rings. The van der Waals surface area contributed by atoms with Crippen molar-refractivity contribution >= 4 is 23.5 Å². The summed E-state index contributed by atoms with van der Waals surface area (Å²) in [6.45, 7) is 5.32. The fourth-order valence-electron chi connectivity index (χ4n) is 1.36. The molecule has 5 nitrogen and oxygen atoms in total. The molecule has 1 heterocycles. The van der Waals surface area contributed by atoms with Gasteiger partial charge in [-0.15, -0.1) is 11.6 Å². The summed E-state index contributed by atoms with van der Waals surface area (Å²) < 4.78 is 5.25. The quantitative estimate of drug-likeness (QED) is 0.682. The average molecular weight is 285 g/mol. The molecule has 0 spiro atoms. The van der Waals surface area contributed by atoms with Crippen LogP contribution in [0.1, 0.15) is 47.3 Å². The summed E-state index contributed by atoms with van der Waals surface area (Å²) in [6.07, 6.45) is 0. The van der Waals surface area contributed by atoms with E-state index in [0.29, 0.717) is 5.69 Å². The highest BCUT2D eigenvalue weighted by molar-refractivity contribution is 6.17. The molecule has 0 radical (unpaired) electrons. The largest absolute Gasteiger partial charge is 0.456 e. The van der Waals surface area contributed by atoms with Crippen LogP contribution in [0.3, 0.4) is 0 Å². The first-order valence-electron chi connectivity index (χ1n) is 5.79. The first-order valence-corrected chi connectivity index (χ1v) is 6.32. The molecule has 1 aromatic rings. The highest BCUT2D eigenvalue weighted by Crippen LogP contribution is 2.15. The third-order valence-electron chi connectivity index (χ3n) is 2.11. The second-order valence-corrected chi connectivity index (χ2v) is 5.21. The van der Waals surface area contributed by atoms with Gasteiger partial charge < -0.3 is 10.1 Å². The van der Waals surface area contributed by atoms with E-state index in [4.69, 9.17) is 16.3 Å². The first-order chi connectivity index (χ1) is 8.76. The zero-order valence-electron chi connectivity index (χ0n) is 11.4. The van der Waals surface area contributed by atoms with Crippen molar-refractivity contribution in [3.63, 3.8) is 0 Å².